The first-order valence-electron chi connectivity index (χ1n) is 6.91. The normalized spacial score (nSPS) is 15.4. The second-order valence-electron chi connectivity index (χ2n) is 5.52. The number of alkyl halides is 1. The van der Waals surface area contributed by atoms with Gasteiger partial charge in [0.1, 0.15) is 5.82 Å². The maximum absolute atomic E-state index is 14.0. The van der Waals surface area contributed by atoms with Crippen LogP contribution in [0.15, 0.2) is 30.5 Å². The maximum atomic E-state index is 14.0. The summed E-state index contributed by atoms with van der Waals surface area (Å²) < 4.78 is 27.6. The highest BCUT2D eigenvalue weighted by molar-refractivity contribution is 6.04. The third-order valence-corrected chi connectivity index (χ3v) is 3.81. The molecule has 0 bridgehead atoms. The Labute approximate surface area is 126 Å². The lowest BCUT2D eigenvalue weighted by Crippen LogP contribution is -2.14. The van der Waals surface area contributed by atoms with Crippen LogP contribution in [-0.2, 0) is 5.67 Å². The van der Waals surface area contributed by atoms with Gasteiger partial charge in [-0.15, -0.1) is 0 Å². The number of pyridine rings is 1. The Morgan fingerprint density at radius 3 is 2.73 bits per heavy atom. The van der Waals surface area contributed by atoms with Gasteiger partial charge in [0.25, 0.3) is 5.91 Å². The summed E-state index contributed by atoms with van der Waals surface area (Å²) in [6.45, 7) is 1.56. The third-order valence-electron chi connectivity index (χ3n) is 3.81. The van der Waals surface area contributed by atoms with Gasteiger partial charge in [0.15, 0.2) is 5.67 Å². The zero-order valence-corrected chi connectivity index (χ0v) is 12.0. The molecule has 0 spiro atoms. The molecule has 1 aliphatic carbocycles. The number of nitrogen functional groups attached to an aromatic ring is 1. The van der Waals surface area contributed by atoms with Crippen molar-refractivity contribution in [3.63, 3.8) is 0 Å². The average molecular weight is 303 g/mol. The molecule has 0 radical (unpaired) electrons. The molecule has 6 heteroatoms. The molecule has 1 heterocycles. The van der Waals surface area contributed by atoms with E-state index in [1.54, 1.807) is 6.92 Å². The number of nitrogens with one attached hydrogen (secondary N) is 1. The predicted octanol–water partition coefficient (Wildman–Crippen LogP) is 3.32. The molecule has 0 atom stereocenters. The molecular weight excluding hydrogens is 288 g/mol. The van der Waals surface area contributed by atoms with E-state index >= 15 is 0 Å². The molecule has 3 N–H and O–H groups in total. The number of hydrogen-bond acceptors (Lipinski definition) is 3. The summed E-state index contributed by atoms with van der Waals surface area (Å²) in [6, 6.07) is 5.59. The molecule has 1 aromatic carbocycles. The summed E-state index contributed by atoms with van der Waals surface area (Å²) in [5.41, 5.74) is 5.64. The van der Waals surface area contributed by atoms with Gasteiger partial charge in [0.05, 0.1) is 5.69 Å². The fraction of sp³-hybridized carbons (Fsp3) is 0.250. The van der Waals surface area contributed by atoms with E-state index in [9.17, 15) is 13.6 Å². The summed E-state index contributed by atoms with van der Waals surface area (Å²) in [4.78, 5) is 16.2. The van der Waals surface area contributed by atoms with Gasteiger partial charge in [-0.05, 0) is 44.0 Å². The van der Waals surface area contributed by atoms with Crippen LogP contribution in [0.1, 0.15) is 34.5 Å². The summed E-state index contributed by atoms with van der Waals surface area (Å²) in [5, 5.41) is 2.56. The van der Waals surface area contributed by atoms with Gasteiger partial charge < -0.3 is 11.1 Å². The smallest absolute Gasteiger partial charge is 0.255 e. The van der Waals surface area contributed by atoms with Crippen molar-refractivity contribution in [3.05, 3.63) is 53.1 Å². The molecule has 0 unspecified atom stereocenters. The van der Waals surface area contributed by atoms with Gasteiger partial charge in [-0.3, -0.25) is 9.78 Å². The second-order valence-corrected chi connectivity index (χ2v) is 5.52. The Morgan fingerprint density at radius 1 is 1.36 bits per heavy atom. The van der Waals surface area contributed by atoms with Crippen LogP contribution in [0.25, 0.3) is 0 Å². The minimum absolute atomic E-state index is 0.255. The van der Waals surface area contributed by atoms with Crippen LogP contribution in [0.4, 0.5) is 20.2 Å². The molecule has 114 valence electrons. The van der Waals surface area contributed by atoms with Crippen molar-refractivity contribution in [1.82, 2.24) is 4.98 Å². The van der Waals surface area contributed by atoms with Gasteiger partial charge >= 0.3 is 0 Å². The van der Waals surface area contributed by atoms with Crippen LogP contribution in [0.2, 0.25) is 0 Å². The minimum atomic E-state index is -1.41. The number of halogens is 2. The van der Waals surface area contributed by atoms with Crippen molar-refractivity contribution >= 4 is 17.3 Å². The number of rotatable bonds is 3. The molecule has 4 nitrogen and oxygen atoms in total. The third kappa shape index (κ3) is 2.64. The molecule has 1 aromatic heterocycles. The van der Waals surface area contributed by atoms with E-state index in [4.69, 9.17) is 5.73 Å². The summed E-state index contributed by atoms with van der Waals surface area (Å²) in [7, 11) is 0. The van der Waals surface area contributed by atoms with Crippen molar-refractivity contribution in [2.24, 2.45) is 0 Å². The molecule has 0 aliphatic heterocycles. The van der Waals surface area contributed by atoms with E-state index in [-0.39, 0.29) is 22.6 Å². The SMILES string of the molecule is Cc1c(N)cc(NC(=O)c2ccnc(C3(F)CC3)c2)cc1F. The first-order valence-corrected chi connectivity index (χ1v) is 6.91. The van der Waals surface area contributed by atoms with E-state index < -0.39 is 17.4 Å². The van der Waals surface area contributed by atoms with Crippen LogP contribution in [0.5, 0.6) is 0 Å². The largest absolute Gasteiger partial charge is 0.398 e. The lowest BCUT2D eigenvalue weighted by Gasteiger charge is -2.10. The van der Waals surface area contributed by atoms with Crippen molar-refractivity contribution in [2.75, 3.05) is 11.1 Å². The Hall–Kier alpha value is -2.50. The molecule has 1 aliphatic rings. The van der Waals surface area contributed by atoms with Gasteiger partial charge in [0.2, 0.25) is 0 Å². The highest BCUT2D eigenvalue weighted by Gasteiger charge is 2.46. The summed E-state index contributed by atoms with van der Waals surface area (Å²) >= 11 is 0. The van der Waals surface area contributed by atoms with E-state index in [0.717, 1.165) is 0 Å². The van der Waals surface area contributed by atoms with Gasteiger partial charge in [0, 0.05) is 28.7 Å². The van der Waals surface area contributed by atoms with Crippen molar-refractivity contribution in [1.29, 1.82) is 0 Å². The van der Waals surface area contributed by atoms with Gasteiger partial charge in [-0.1, -0.05) is 0 Å². The first kappa shape index (κ1) is 14.4. The van der Waals surface area contributed by atoms with Crippen LogP contribution < -0.4 is 11.1 Å². The van der Waals surface area contributed by atoms with Crippen molar-refractivity contribution < 1.29 is 13.6 Å². The zero-order chi connectivity index (χ0) is 15.9. The molecular formula is C16H15F2N3O. The molecule has 3 rings (SSSR count). The Kier molecular flexibility index (Phi) is 3.31. The van der Waals surface area contributed by atoms with E-state index in [1.165, 1.54) is 30.5 Å². The fourth-order valence-corrected chi connectivity index (χ4v) is 2.16. The molecule has 1 amide bonds. The molecule has 0 saturated heterocycles. The number of amides is 1. The lowest BCUT2D eigenvalue weighted by molar-refractivity contribution is 0.102. The Bertz CT molecular complexity index is 734. The quantitative estimate of drug-likeness (QED) is 0.855. The van der Waals surface area contributed by atoms with Gasteiger partial charge in [-0.2, -0.15) is 0 Å². The Balaban J connectivity index is 1.83. The number of nitrogens with two attached hydrogens (primary N) is 1. The first-order chi connectivity index (χ1) is 10.4. The van der Waals surface area contributed by atoms with E-state index in [1.807, 2.05) is 0 Å². The molecule has 1 fully saturated rings. The van der Waals surface area contributed by atoms with Crippen molar-refractivity contribution in [2.45, 2.75) is 25.4 Å². The standard InChI is InChI=1S/C16H15F2N3O/c1-9-12(17)7-11(8-13(9)19)21-15(22)10-2-5-20-14(6-10)16(18)3-4-16/h2,5-8H,3-4,19H2,1H3,(H,21,22). The van der Waals surface area contributed by atoms with Gasteiger partial charge in [-0.25, -0.2) is 8.78 Å². The number of aromatic nitrogens is 1. The molecule has 1 saturated carbocycles. The number of carbonyl (C=O) groups is 1. The molecule has 2 aromatic rings. The fourth-order valence-electron chi connectivity index (χ4n) is 2.16. The summed E-state index contributed by atoms with van der Waals surface area (Å²) in [5.74, 6) is -0.957. The highest BCUT2D eigenvalue weighted by atomic mass is 19.1. The number of carbonyl (C=O) groups excluding carboxylic acids is 1. The van der Waals surface area contributed by atoms with Crippen LogP contribution in [0.3, 0.4) is 0 Å². The maximum Gasteiger partial charge on any atom is 0.255 e. The zero-order valence-electron chi connectivity index (χ0n) is 12.0. The topological polar surface area (TPSA) is 68.0 Å². The lowest BCUT2D eigenvalue weighted by atomic mass is 10.1. The minimum Gasteiger partial charge on any atom is -0.398 e. The Morgan fingerprint density at radius 2 is 2.09 bits per heavy atom. The number of nitrogens with zero attached hydrogens (tertiary/aromatic N) is 1. The number of benzene rings is 1. The van der Waals surface area contributed by atoms with Crippen LogP contribution in [-0.4, -0.2) is 10.9 Å². The van der Waals surface area contributed by atoms with Crippen LogP contribution >= 0.6 is 0 Å². The van der Waals surface area contributed by atoms with E-state index in [0.29, 0.717) is 18.4 Å². The summed E-state index contributed by atoms with van der Waals surface area (Å²) in [6.07, 6.45) is 2.24. The predicted molar refractivity (Wildman–Crippen MR) is 79.8 cm³/mol. The van der Waals surface area contributed by atoms with Crippen LogP contribution in [0, 0.1) is 12.7 Å². The average Bonchev–Trinajstić information content (AvgIpc) is 3.24. The number of hydrogen-bond donors (Lipinski definition) is 2. The van der Waals surface area contributed by atoms with E-state index in [2.05, 4.69) is 10.3 Å². The molecule has 22 heavy (non-hydrogen) atoms. The monoisotopic (exact) mass is 303 g/mol. The number of anilines is 2. The van der Waals surface area contributed by atoms with Crippen molar-refractivity contribution in [3.8, 4) is 0 Å². The highest BCUT2D eigenvalue weighted by Crippen LogP contribution is 2.48. The second kappa shape index (κ2) is 5.05.